The van der Waals surface area contributed by atoms with Crippen molar-refractivity contribution in [2.45, 2.75) is 50.1 Å². The second-order valence-electron chi connectivity index (χ2n) is 5.83. The number of carbonyl (C=O) groups excluding carboxylic acids is 1. The molecular weight excluding hydrogens is 300 g/mol. The van der Waals surface area contributed by atoms with Crippen molar-refractivity contribution in [3.8, 4) is 11.6 Å². The highest BCUT2D eigenvalue weighted by molar-refractivity contribution is 8.00. The second-order valence-corrected chi connectivity index (χ2v) is 7.14. The predicted molar refractivity (Wildman–Crippen MR) is 86.5 cm³/mol. The maximum absolute atomic E-state index is 12.3. The van der Waals surface area contributed by atoms with Crippen LogP contribution in [0.15, 0.2) is 28.0 Å². The van der Waals surface area contributed by atoms with Crippen LogP contribution in [-0.2, 0) is 11.8 Å². The highest BCUT2D eigenvalue weighted by atomic mass is 32.2. The van der Waals surface area contributed by atoms with Gasteiger partial charge in [-0.1, -0.05) is 18.7 Å². The Morgan fingerprint density at radius 2 is 2.23 bits per heavy atom. The molecule has 0 aromatic carbocycles. The molecule has 120 valence electrons. The van der Waals surface area contributed by atoms with Crippen molar-refractivity contribution in [1.82, 2.24) is 20.1 Å². The molecule has 7 heteroatoms. The quantitative estimate of drug-likeness (QED) is 0.828. The average Bonchev–Trinajstić information content (AvgIpc) is 3.09. The molecule has 0 saturated carbocycles. The van der Waals surface area contributed by atoms with E-state index in [9.17, 15) is 4.79 Å². The summed E-state index contributed by atoms with van der Waals surface area (Å²) in [4.78, 5) is 12.3. The zero-order valence-corrected chi connectivity index (χ0v) is 14.4. The van der Waals surface area contributed by atoms with Crippen LogP contribution in [0.25, 0.3) is 11.6 Å². The number of hydrogen-bond donors (Lipinski definition) is 1. The van der Waals surface area contributed by atoms with Crippen LogP contribution in [0.5, 0.6) is 0 Å². The molecule has 0 saturated heterocycles. The van der Waals surface area contributed by atoms with Gasteiger partial charge in [-0.25, -0.2) is 0 Å². The minimum atomic E-state index is -0.252. The van der Waals surface area contributed by atoms with Gasteiger partial charge >= 0.3 is 0 Å². The third-order valence-corrected chi connectivity index (χ3v) is 4.71. The number of carbonyl (C=O) groups is 1. The summed E-state index contributed by atoms with van der Waals surface area (Å²) in [5.74, 6) is 1.31. The normalized spacial score (nSPS) is 13.1. The summed E-state index contributed by atoms with van der Waals surface area (Å²) in [6, 6.07) is 3.64. The maximum atomic E-state index is 12.3. The number of furan rings is 1. The maximum Gasteiger partial charge on any atom is 0.233 e. The van der Waals surface area contributed by atoms with Crippen LogP contribution in [0.2, 0.25) is 0 Å². The summed E-state index contributed by atoms with van der Waals surface area (Å²) in [6.07, 6.45) is 2.47. The first-order chi connectivity index (χ1) is 10.3. The second kappa shape index (κ2) is 6.56. The van der Waals surface area contributed by atoms with Gasteiger partial charge < -0.3 is 14.3 Å². The molecule has 2 aromatic heterocycles. The molecule has 6 nitrogen and oxygen atoms in total. The Balaban J connectivity index is 2.06. The van der Waals surface area contributed by atoms with E-state index in [1.54, 1.807) is 12.3 Å². The first-order valence-electron chi connectivity index (χ1n) is 7.26. The van der Waals surface area contributed by atoms with Crippen molar-refractivity contribution in [3.05, 3.63) is 18.4 Å². The van der Waals surface area contributed by atoms with E-state index in [1.165, 1.54) is 11.8 Å². The van der Waals surface area contributed by atoms with Gasteiger partial charge in [0.2, 0.25) is 5.91 Å². The van der Waals surface area contributed by atoms with Crippen molar-refractivity contribution < 1.29 is 9.21 Å². The van der Waals surface area contributed by atoms with Crippen molar-refractivity contribution in [2.75, 3.05) is 0 Å². The minimum absolute atomic E-state index is 0.000557. The van der Waals surface area contributed by atoms with Gasteiger partial charge in [-0.05, 0) is 39.3 Å². The average molecular weight is 322 g/mol. The summed E-state index contributed by atoms with van der Waals surface area (Å²) < 4.78 is 7.17. The number of rotatable bonds is 6. The van der Waals surface area contributed by atoms with Crippen molar-refractivity contribution in [3.63, 3.8) is 0 Å². The summed E-state index contributed by atoms with van der Waals surface area (Å²) >= 11 is 1.38. The molecule has 0 radical (unpaired) electrons. The highest BCUT2D eigenvalue weighted by Gasteiger charge is 2.24. The number of amides is 1. The summed E-state index contributed by atoms with van der Waals surface area (Å²) in [7, 11) is 1.86. The lowest BCUT2D eigenvalue weighted by atomic mass is 10.0. The number of nitrogens with zero attached hydrogens (tertiary/aromatic N) is 3. The fourth-order valence-electron chi connectivity index (χ4n) is 1.77. The lowest BCUT2D eigenvalue weighted by molar-refractivity contribution is -0.121. The van der Waals surface area contributed by atoms with Gasteiger partial charge in [-0.3, -0.25) is 4.79 Å². The third kappa shape index (κ3) is 3.71. The van der Waals surface area contributed by atoms with Crippen molar-refractivity contribution >= 4 is 17.7 Å². The molecule has 0 bridgehead atoms. The van der Waals surface area contributed by atoms with E-state index in [1.807, 2.05) is 38.5 Å². The molecule has 1 unspecified atom stereocenters. The standard InChI is InChI=1S/C15H22N4O2S/c1-6-15(3,4)16-13(20)10(2)22-14-18-17-12(19(14)5)11-8-7-9-21-11/h7-10H,6H2,1-5H3,(H,16,20). The van der Waals surface area contributed by atoms with E-state index in [4.69, 9.17) is 4.42 Å². The fourth-order valence-corrected chi connectivity index (χ4v) is 2.59. The first-order valence-corrected chi connectivity index (χ1v) is 8.14. The summed E-state index contributed by atoms with van der Waals surface area (Å²) in [5, 5.41) is 11.8. The Labute approximate surface area is 134 Å². The highest BCUT2D eigenvalue weighted by Crippen LogP contribution is 2.26. The Bertz CT molecular complexity index is 634. The van der Waals surface area contributed by atoms with Crippen LogP contribution >= 0.6 is 11.8 Å². The zero-order chi connectivity index (χ0) is 16.3. The molecule has 0 fully saturated rings. The lowest BCUT2D eigenvalue weighted by Gasteiger charge is -2.26. The number of thioether (sulfide) groups is 1. The van der Waals surface area contributed by atoms with E-state index in [0.29, 0.717) is 16.7 Å². The van der Waals surface area contributed by atoms with E-state index in [0.717, 1.165) is 6.42 Å². The molecule has 1 amide bonds. The van der Waals surface area contributed by atoms with Gasteiger partial charge in [0.25, 0.3) is 0 Å². The van der Waals surface area contributed by atoms with E-state index in [2.05, 4.69) is 22.4 Å². The number of aromatic nitrogens is 3. The molecule has 1 N–H and O–H groups in total. The topological polar surface area (TPSA) is 73.0 Å². The lowest BCUT2D eigenvalue weighted by Crippen LogP contribution is -2.46. The Kier molecular flexibility index (Phi) is 4.95. The van der Waals surface area contributed by atoms with Crippen LogP contribution in [0.4, 0.5) is 0 Å². The monoisotopic (exact) mass is 322 g/mol. The molecule has 22 heavy (non-hydrogen) atoms. The first kappa shape index (κ1) is 16.6. The van der Waals surface area contributed by atoms with Crippen LogP contribution in [-0.4, -0.2) is 31.5 Å². The molecule has 0 aliphatic heterocycles. The third-order valence-electron chi connectivity index (χ3n) is 3.57. The molecule has 2 heterocycles. The Morgan fingerprint density at radius 3 is 2.82 bits per heavy atom. The Morgan fingerprint density at radius 1 is 1.50 bits per heavy atom. The van der Waals surface area contributed by atoms with Gasteiger partial charge in [0.15, 0.2) is 16.7 Å². The van der Waals surface area contributed by atoms with E-state index < -0.39 is 0 Å². The van der Waals surface area contributed by atoms with Gasteiger partial charge in [-0.15, -0.1) is 10.2 Å². The van der Waals surface area contributed by atoms with Crippen LogP contribution in [0.3, 0.4) is 0 Å². The van der Waals surface area contributed by atoms with Gasteiger partial charge in [0.05, 0.1) is 11.5 Å². The fraction of sp³-hybridized carbons (Fsp3) is 0.533. The Hall–Kier alpha value is -1.76. The summed E-state index contributed by atoms with van der Waals surface area (Å²) in [5.41, 5.74) is -0.203. The summed E-state index contributed by atoms with van der Waals surface area (Å²) in [6.45, 7) is 7.95. The molecule has 0 aliphatic carbocycles. The smallest absolute Gasteiger partial charge is 0.233 e. The van der Waals surface area contributed by atoms with Crippen molar-refractivity contribution in [2.24, 2.45) is 7.05 Å². The van der Waals surface area contributed by atoms with E-state index in [-0.39, 0.29) is 16.7 Å². The van der Waals surface area contributed by atoms with Gasteiger partial charge in [-0.2, -0.15) is 0 Å². The number of nitrogens with one attached hydrogen (secondary N) is 1. The van der Waals surface area contributed by atoms with Gasteiger partial charge in [0.1, 0.15) is 0 Å². The number of hydrogen-bond acceptors (Lipinski definition) is 5. The van der Waals surface area contributed by atoms with Crippen molar-refractivity contribution in [1.29, 1.82) is 0 Å². The molecule has 1 atom stereocenters. The van der Waals surface area contributed by atoms with Crippen LogP contribution < -0.4 is 5.32 Å². The largest absolute Gasteiger partial charge is 0.461 e. The van der Waals surface area contributed by atoms with Crippen LogP contribution in [0.1, 0.15) is 34.1 Å². The minimum Gasteiger partial charge on any atom is -0.461 e. The zero-order valence-electron chi connectivity index (χ0n) is 13.6. The molecule has 2 rings (SSSR count). The molecule has 0 spiro atoms. The van der Waals surface area contributed by atoms with Gasteiger partial charge in [0, 0.05) is 12.6 Å². The molecule has 2 aromatic rings. The molecule has 0 aliphatic rings. The van der Waals surface area contributed by atoms with Crippen LogP contribution in [0, 0.1) is 0 Å². The van der Waals surface area contributed by atoms with E-state index >= 15 is 0 Å². The SMILES string of the molecule is CCC(C)(C)NC(=O)C(C)Sc1nnc(-c2ccco2)n1C. The molecular formula is C15H22N4O2S. The predicted octanol–water partition coefficient (Wildman–Crippen LogP) is 2.86.